The molecule has 0 bridgehead atoms. The summed E-state index contributed by atoms with van der Waals surface area (Å²) in [6.07, 6.45) is 3.11. The molecule has 1 atom stereocenters. The van der Waals surface area contributed by atoms with Crippen LogP contribution >= 0.6 is 0 Å². The zero-order valence-electron chi connectivity index (χ0n) is 11.4. The summed E-state index contributed by atoms with van der Waals surface area (Å²) in [5, 5.41) is 6.12. The van der Waals surface area contributed by atoms with Crippen LogP contribution in [0.25, 0.3) is 0 Å². The summed E-state index contributed by atoms with van der Waals surface area (Å²) in [4.78, 5) is 12.1. The molecule has 1 amide bonds. The third kappa shape index (κ3) is 3.61. The number of ether oxygens (including phenoxy) is 2. The topological polar surface area (TPSA) is 59.6 Å². The minimum Gasteiger partial charge on any atom is -0.497 e. The average Bonchev–Trinajstić information content (AvgIpc) is 2.47. The van der Waals surface area contributed by atoms with E-state index >= 15 is 0 Å². The highest BCUT2D eigenvalue weighted by molar-refractivity contribution is 5.95. The van der Waals surface area contributed by atoms with E-state index in [1.807, 2.05) is 0 Å². The summed E-state index contributed by atoms with van der Waals surface area (Å²) < 4.78 is 10.4. The van der Waals surface area contributed by atoms with E-state index in [9.17, 15) is 4.79 Å². The van der Waals surface area contributed by atoms with Crippen molar-refractivity contribution >= 4 is 11.6 Å². The van der Waals surface area contributed by atoms with Gasteiger partial charge in [0, 0.05) is 23.9 Å². The van der Waals surface area contributed by atoms with Gasteiger partial charge in [-0.2, -0.15) is 0 Å². The van der Waals surface area contributed by atoms with Gasteiger partial charge in [-0.05, 0) is 19.4 Å². The molecular formula is C14H20N2O3. The summed E-state index contributed by atoms with van der Waals surface area (Å²) in [7, 11) is 3.17. The van der Waals surface area contributed by atoms with Crippen molar-refractivity contribution in [3.63, 3.8) is 0 Å². The molecule has 1 aliphatic heterocycles. The van der Waals surface area contributed by atoms with Crippen molar-refractivity contribution < 1.29 is 14.3 Å². The van der Waals surface area contributed by atoms with E-state index in [0.29, 0.717) is 17.2 Å². The fraction of sp³-hybridized carbons (Fsp3) is 0.500. The highest BCUT2D eigenvalue weighted by Crippen LogP contribution is 2.26. The maximum absolute atomic E-state index is 12.1. The first kappa shape index (κ1) is 13.7. The van der Waals surface area contributed by atoms with Crippen LogP contribution in [0.4, 0.5) is 5.69 Å². The summed E-state index contributed by atoms with van der Waals surface area (Å²) >= 11 is 0. The molecule has 0 radical (unpaired) electrons. The zero-order valence-corrected chi connectivity index (χ0v) is 11.4. The van der Waals surface area contributed by atoms with Crippen LogP contribution in [0, 0.1) is 0 Å². The number of benzene rings is 1. The Balaban J connectivity index is 2.06. The Hall–Kier alpha value is -1.75. The Labute approximate surface area is 113 Å². The van der Waals surface area contributed by atoms with Crippen molar-refractivity contribution in [2.45, 2.75) is 25.3 Å². The molecule has 0 spiro atoms. The van der Waals surface area contributed by atoms with E-state index in [1.165, 1.54) is 0 Å². The van der Waals surface area contributed by atoms with E-state index in [2.05, 4.69) is 10.6 Å². The monoisotopic (exact) mass is 264 g/mol. The van der Waals surface area contributed by atoms with Crippen molar-refractivity contribution in [2.24, 2.45) is 0 Å². The molecule has 1 heterocycles. The molecule has 1 aromatic carbocycles. The molecule has 19 heavy (non-hydrogen) atoms. The van der Waals surface area contributed by atoms with Crippen molar-refractivity contribution in [3.8, 4) is 11.5 Å². The van der Waals surface area contributed by atoms with E-state index in [0.717, 1.165) is 25.8 Å². The molecule has 1 saturated heterocycles. The minimum absolute atomic E-state index is 0.00462. The highest BCUT2D eigenvalue weighted by atomic mass is 16.5. The third-order valence-electron chi connectivity index (χ3n) is 3.25. The molecule has 1 aliphatic rings. The predicted molar refractivity (Wildman–Crippen MR) is 73.8 cm³/mol. The van der Waals surface area contributed by atoms with Gasteiger partial charge in [0.2, 0.25) is 5.91 Å². The normalized spacial score (nSPS) is 18.7. The number of nitrogens with one attached hydrogen (secondary N) is 2. The Kier molecular flexibility index (Phi) is 4.63. The number of anilines is 1. The predicted octanol–water partition coefficient (Wildman–Crippen LogP) is 1.78. The number of hydrogen-bond acceptors (Lipinski definition) is 4. The lowest BCUT2D eigenvalue weighted by molar-refractivity contribution is -0.118. The standard InChI is InChI=1S/C14H20N2O3/c1-18-11-7-10(8-12(9-11)19-2)16-14(17)13-5-3-4-6-15-13/h7-9,13,15H,3-6H2,1-2H3,(H,16,17)/t13-/m1/s1. The van der Waals surface area contributed by atoms with E-state index in [-0.39, 0.29) is 11.9 Å². The van der Waals surface area contributed by atoms with E-state index in [1.54, 1.807) is 32.4 Å². The number of piperidine rings is 1. The minimum atomic E-state index is -0.106. The maximum Gasteiger partial charge on any atom is 0.241 e. The van der Waals surface area contributed by atoms with Crippen LogP contribution in [0.1, 0.15) is 19.3 Å². The van der Waals surface area contributed by atoms with Crippen LogP contribution in [0.5, 0.6) is 11.5 Å². The molecule has 5 heteroatoms. The number of hydrogen-bond donors (Lipinski definition) is 2. The molecule has 1 aromatic rings. The Bertz CT molecular complexity index is 420. The van der Waals surface area contributed by atoms with Gasteiger partial charge in [0.15, 0.2) is 0 Å². The fourth-order valence-corrected chi connectivity index (χ4v) is 2.18. The van der Waals surface area contributed by atoms with Gasteiger partial charge < -0.3 is 20.1 Å². The quantitative estimate of drug-likeness (QED) is 0.870. The highest BCUT2D eigenvalue weighted by Gasteiger charge is 2.20. The lowest BCUT2D eigenvalue weighted by Gasteiger charge is -2.22. The fourth-order valence-electron chi connectivity index (χ4n) is 2.18. The zero-order chi connectivity index (χ0) is 13.7. The second-order valence-corrected chi connectivity index (χ2v) is 4.59. The molecular weight excluding hydrogens is 244 g/mol. The van der Waals surface area contributed by atoms with Gasteiger partial charge in [0.25, 0.3) is 0 Å². The molecule has 104 valence electrons. The summed E-state index contributed by atoms with van der Waals surface area (Å²) in [5.41, 5.74) is 0.688. The van der Waals surface area contributed by atoms with Gasteiger partial charge in [0.05, 0.1) is 20.3 Å². The van der Waals surface area contributed by atoms with Gasteiger partial charge in [-0.1, -0.05) is 6.42 Å². The van der Waals surface area contributed by atoms with Gasteiger partial charge in [-0.15, -0.1) is 0 Å². The van der Waals surface area contributed by atoms with Gasteiger partial charge >= 0.3 is 0 Å². The van der Waals surface area contributed by atoms with Gasteiger partial charge in [-0.25, -0.2) is 0 Å². The Morgan fingerprint density at radius 3 is 2.42 bits per heavy atom. The molecule has 1 fully saturated rings. The first-order valence-electron chi connectivity index (χ1n) is 6.50. The van der Waals surface area contributed by atoms with Crippen LogP contribution in [-0.4, -0.2) is 32.7 Å². The second-order valence-electron chi connectivity index (χ2n) is 4.59. The van der Waals surface area contributed by atoms with Gasteiger partial charge in [-0.3, -0.25) is 4.79 Å². The van der Waals surface area contributed by atoms with Crippen LogP contribution in [-0.2, 0) is 4.79 Å². The summed E-state index contributed by atoms with van der Waals surface area (Å²) in [5.74, 6) is 1.31. The average molecular weight is 264 g/mol. The largest absolute Gasteiger partial charge is 0.497 e. The first-order chi connectivity index (χ1) is 9.22. The second kappa shape index (κ2) is 6.43. The smallest absolute Gasteiger partial charge is 0.241 e. The maximum atomic E-state index is 12.1. The van der Waals surface area contributed by atoms with E-state index < -0.39 is 0 Å². The summed E-state index contributed by atoms with van der Waals surface area (Å²) in [6.45, 7) is 0.902. The van der Waals surface area contributed by atoms with Crippen molar-refractivity contribution in [1.29, 1.82) is 0 Å². The SMILES string of the molecule is COc1cc(NC(=O)[C@H]2CCCCN2)cc(OC)c1. The van der Waals surface area contributed by atoms with Gasteiger partial charge in [0.1, 0.15) is 11.5 Å². The number of carbonyl (C=O) groups is 1. The number of carbonyl (C=O) groups excluding carboxylic acids is 1. The Morgan fingerprint density at radius 2 is 1.89 bits per heavy atom. The van der Waals surface area contributed by atoms with Crippen LogP contribution in [0.2, 0.25) is 0 Å². The molecule has 0 aromatic heterocycles. The first-order valence-corrected chi connectivity index (χ1v) is 6.50. The van der Waals surface area contributed by atoms with Crippen molar-refractivity contribution in [1.82, 2.24) is 5.32 Å². The third-order valence-corrected chi connectivity index (χ3v) is 3.25. The molecule has 0 unspecified atom stereocenters. The lowest BCUT2D eigenvalue weighted by atomic mass is 10.0. The van der Waals surface area contributed by atoms with E-state index in [4.69, 9.17) is 9.47 Å². The van der Waals surface area contributed by atoms with Crippen molar-refractivity contribution in [3.05, 3.63) is 18.2 Å². The van der Waals surface area contributed by atoms with Crippen molar-refractivity contribution in [2.75, 3.05) is 26.1 Å². The molecule has 0 aliphatic carbocycles. The number of amides is 1. The van der Waals surface area contributed by atoms with Crippen LogP contribution in [0.3, 0.4) is 0 Å². The van der Waals surface area contributed by atoms with Crippen LogP contribution in [0.15, 0.2) is 18.2 Å². The summed E-state index contributed by atoms with van der Waals surface area (Å²) in [6, 6.07) is 5.23. The Morgan fingerprint density at radius 1 is 1.21 bits per heavy atom. The number of methoxy groups -OCH3 is 2. The lowest BCUT2D eigenvalue weighted by Crippen LogP contribution is -2.43. The molecule has 2 N–H and O–H groups in total. The molecule has 2 rings (SSSR count). The number of rotatable bonds is 4. The molecule has 0 saturated carbocycles. The molecule has 5 nitrogen and oxygen atoms in total. The van der Waals surface area contributed by atoms with Crippen LogP contribution < -0.4 is 20.1 Å².